The van der Waals surface area contributed by atoms with E-state index in [-0.39, 0.29) is 36.3 Å². The largest absolute Gasteiger partial charge is 0.460 e. The van der Waals surface area contributed by atoms with Crippen LogP contribution in [-0.4, -0.2) is 113 Å². The van der Waals surface area contributed by atoms with Crippen molar-refractivity contribution >= 4 is 35.7 Å². The first-order chi connectivity index (χ1) is 26.9. The number of benzene rings is 1. The van der Waals surface area contributed by atoms with Crippen LogP contribution in [0.2, 0.25) is 0 Å². The van der Waals surface area contributed by atoms with Crippen LogP contribution in [0, 0.1) is 0 Å². The van der Waals surface area contributed by atoms with Gasteiger partial charge in [0.05, 0.1) is 24.3 Å². The molecule has 0 saturated carbocycles. The summed E-state index contributed by atoms with van der Waals surface area (Å²) in [5.41, 5.74) is 0.462. The maximum Gasteiger partial charge on any atom is 0.338 e. The topological polar surface area (TPSA) is 190 Å². The number of amides is 3. The molecule has 2 aliphatic rings. The highest BCUT2D eigenvalue weighted by atomic mass is 16.8. The van der Waals surface area contributed by atoms with Crippen LogP contribution in [0.5, 0.6) is 0 Å². The van der Waals surface area contributed by atoms with Gasteiger partial charge in [0.15, 0.2) is 5.79 Å². The van der Waals surface area contributed by atoms with Gasteiger partial charge in [-0.3, -0.25) is 19.2 Å². The molecule has 318 valence electrons. The molecule has 6 atom stereocenters. The van der Waals surface area contributed by atoms with E-state index in [0.717, 1.165) is 38.5 Å². The number of carbonyl (C=O) groups excluding carboxylic acids is 5. The quantitative estimate of drug-likeness (QED) is 0.0763. The zero-order valence-electron chi connectivity index (χ0n) is 35.0. The van der Waals surface area contributed by atoms with Crippen molar-refractivity contribution in [1.82, 2.24) is 15.5 Å². The lowest BCUT2D eigenvalue weighted by molar-refractivity contribution is -0.190. The number of aliphatic hydroxyl groups is 2. The third kappa shape index (κ3) is 15.0. The van der Waals surface area contributed by atoms with E-state index >= 15 is 0 Å². The lowest BCUT2D eigenvalue weighted by atomic mass is 9.91. The summed E-state index contributed by atoms with van der Waals surface area (Å²) in [5, 5.41) is 25.8. The maximum absolute atomic E-state index is 13.9. The third-order valence-electron chi connectivity index (χ3n) is 9.79. The molecule has 14 nitrogen and oxygen atoms in total. The van der Waals surface area contributed by atoms with Crippen molar-refractivity contribution in [2.24, 2.45) is 0 Å². The number of esters is 2. The number of nitrogens with one attached hydrogen (secondary N) is 2. The highest BCUT2D eigenvalue weighted by Gasteiger charge is 2.52. The lowest BCUT2D eigenvalue weighted by Gasteiger charge is -2.31. The summed E-state index contributed by atoms with van der Waals surface area (Å²) in [4.78, 5) is 66.6. The average Bonchev–Trinajstić information content (AvgIpc) is 3.52. The normalized spacial score (nSPS) is 20.5. The highest BCUT2D eigenvalue weighted by molar-refractivity contribution is 5.98. The Morgan fingerprint density at radius 1 is 0.982 bits per heavy atom. The lowest BCUT2D eigenvalue weighted by Crippen LogP contribution is -2.55. The Balaban J connectivity index is 1.85. The van der Waals surface area contributed by atoms with E-state index in [0.29, 0.717) is 18.4 Å². The molecule has 0 aromatic heterocycles. The second-order valence-electron chi connectivity index (χ2n) is 16.2. The summed E-state index contributed by atoms with van der Waals surface area (Å²) in [6.45, 7) is 10.3. The fourth-order valence-corrected chi connectivity index (χ4v) is 6.68. The van der Waals surface area contributed by atoms with E-state index in [1.165, 1.54) is 17.9 Å². The molecule has 1 saturated heterocycles. The van der Waals surface area contributed by atoms with Gasteiger partial charge in [-0.05, 0) is 76.8 Å². The molecule has 1 heterocycles. The van der Waals surface area contributed by atoms with Crippen molar-refractivity contribution in [3.8, 4) is 0 Å². The van der Waals surface area contributed by atoms with Gasteiger partial charge in [-0.15, -0.1) is 0 Å². The number of aliphatic hydroxyl groups excluding tert-OH is 2. The molecule has 14 heteroatoms. The number of hydrogen-bond donors (Lipinski definition) is 4. The molecular weight excluding hydrogens is 734 g/mol. The molecule has 57 heavy (non-hydrogen) atoms. The molecular formula is C43H65N3O11. The fourth-order valence-electron chi connectivity index (χ4n) is 6.68. The third-order valence-corrected chi connectivity index (χ3v) is 9.79. The average molecular weight is 800 g/mol. The van der Waals surface area contributed by atoms with E-state index in [2.05, 4.69) is 24.5 Å². The summed E-state index contributed by atoms with van der Waals surface area (Å²) in [6.07, 6.45) is 7.91. The second kappa shape index (κ2) is 22.2. The highest BCUT2D eigenvalue weighted by Crippen LogP contribution is 2.43. The van der Waals surface area contributed by atoms with Crippen LogP contribution in [0.15, 0.2) is 42.0 Å². The van der Waals surface area contributed by atoms with Gasteiger partial charge in [0, 0.05) is 51.4 Å². The van der Waals surface area contributed by atoms with E-state index < -0.39 is 78.2 Å². The molecule has 4 N–H and O–H groups in total. The molecule has 0 spiro atoms. The van der Waals surface area contributed by atoms with Gasteiger partial charge in [-0.2, -0.15) is 0 Å². The molecule has 3 rings (SSSR count). The van der Waals surface area contributed by atoms with Crippen LogP contribution in [0.3, 0.4) is 0 Å². The van der Waals surface area contributed by atoms with Crippen LogP contribution in [0.25, 0.3) is 6.08 Å². The molecule has 3 amide bonds. The number of nitrogens with zero attached hydrogens (tertiary/aromatic N) is 1. The maximum atomic E-state index is 13.9. The molecule has 1 aromatic rings. The Kier molecular flexibility index (Phi) is 18.4. The summed E-state index contributed by atoms with van der Waals surface area (Å²) in [5.74, 6) is -3.68. The number of ether oxygens (including phenoxy) is 4. The van der Waals surface area contributed by atoms with Gasteiger partial charge in [-0.1, -0.05) is 51.7 Å². The number of fused-ring (bicyclic) bond motifs is 1. The predicted octanol–water partition coefficient (Wildman–Crippen LogP) is 4.75. The van der Waals surface area contributed by atoms with E-state index in [1.54, 1.807) is 71.3 Å². The molecule has 0 bridgehead atoms. The van der Waals surface area contributed by atoms with Gasteiger partial charge < -0.3 is 44.7 Å². The van der Waals surface area contributed by atoms with Gasteiger partial charge >= 0.3 is 11.9 Å². The monoisotopic (exact) mass is 799 g/mol. The summed E-state index contributed by atoms with van der Waals surface area (Å²) >= 11 is 0. The van der Waals surface area contributed by atoms with Crippen LogP contribution in [0.1, 0.15) is 128 Å². The number of likely N-dealkylation sites (N-methyl/N-ethyl adjacent to an activating group) is 1. The molecule has 1 aliphatic heterocycles. The van der Waals surface area contributed by atoms with E-state index in [9.17, 15) is 34.2 Å². The smallest absolute Gasteiger partial charge is 0.338 e. The zero-order valence-corrected chi connectivity index (χ0v) is 35.0. The molecule has 1 fully saturated rings. The Morgan fingerprint density at radius 2 is 1.61 bits per heavy atom. The van der Waals surface area contributed by atoms with Crippen LogP contribution < -0.4 is 10.6 Å². The minimum Gasteiger partial charge on any atom is -0.460 e. The number of hydrogen-bond acceptors (Lipinski definition) is 11. The molecule has 1 aromatic carbocycles. The predicted molar refractivity (Wildman–Crippen MR) is 215 cm³/mol. The van der Waals surface area contributed by atoms with Crippen molar-refractivity contribution in [2.75, 3.05) is 20.7 Å². The number of rotatable bonds is 21. The fraction of sp³-hybridized carbons (Fsp3) is 0.651. The van der Waals surface area contributed by atoms with Crippen molar-refractivity contribution in [2.45, 2.75) is 160 Å². The number of unbranched alkanes of at least 4 members (excludes halogenated alkanes) is 4. The summed E-state index contributed by atoms with van der Waals surface area (Å²) in [6, 6.07) is 4.31. The van der Waals surface area contributed by atoms with Crippen LogP contribution in [0.4, 0.5) is 0 Å². The molecule has 1 aliphatic carbocycles. The molecule has 0 radical (unpaired) electrons. The van der Waals surface area contributed by atoms with Crippen molar-refractivity contribution in [3.63, 3.8) is 0 Å². The SMILES string of the molecule is CCCCCC1(CCCCC)O[C@@H]2[C@@H](C=C(C(=O)N[C@@H](C(=O)N[C@H](CO)CCC(=O)OC(C)(C)C)[C@H](C)O)C[C@H]2OC(=O)c2ccc(C=CC(=O)N(C)C)cc2)O1. The van der Waals surface area contributed by atoms with Gasteiger partial charge in [0.25, 0.3) is 0 Å². The second-order valence-corrected chi connectivity index (χ2v) is 16.2. The van der Waals surface area contributed by atoms with Crippen molar-refractivity contribution in [1.29, 1.82) is 0 Å². The van der Waals surface area contributed by atoms with E-state index in [1.807, 2.05) is 0 Å². The Bertz CT molecular complexity index is 1550. The Hall–Kier alpha value is -4.11. The van der Waals surface area contributed by atoms with Gasteiger partial charge in [-0.25, -0.2) is 4.79 Å². The summed E-state index contributed by atoms with van der Waals surface area (Å²) < 4.78 is 24.8. The first-order valence-corrected chi connectivity index (χ1v) is 20.3. The minimum atomic E-state index is -1.42. The number of carbonyl (C=O) groups is 5. The van der Waals surface area contributed by atoms with E-state index in [4.69, 9.17) is 18.9 Å². The zero-order chi connectivity index (χ0) is 42.3. The van der Waals surface area contributed by atoms with Crippen LogP contribution in [-0.2, 0) is 38.1 Å². The Morgan fingerprint density at radius 3 is 2.16 bits per heavy atom. The molecule has 0 unspecified atom stereocenters. The van der Waals surface area contributed by atoms with Gasteiger partial charge in [0.1, 0.15) is 30.0 Å². The van der Waals surface area contributed by atoms with Gasteiger partial charge in [0.2, 0.25) is 17.7 Å². The van der Waals surface area contributed by atoms with Crippen molar-refractivity contribution in [3.05, 3.63) is 53.1 Å². The first-order valence-electron chi connectivity index (χ1n) is 20.3. The standard InChI is InChI=1S/C43H65N3O11/c1-9-11-13-23-43(24-14-12-10-2)55-34-26-31(39(51)45-37(28(3)48)40(52)44-32(27-47)20-22-36(50)56-42(4,5)6)25-33(38(34)57-43)54-41(53)30-18-15-29(16-19-30)17-21-35(49)46(7)8/h15-19,21,26,28,32-34,37-38,47-48H,9-14,20,22-25,27H2,1-8H3,(H,44,52)(H,45,51)/t28-,32-,33+,34+,37+,38-/m0/s1. The first kappa shape index (κ1) is 47.3. The van der Waals surface area contributed by atoms with Crippen LogP contribution >= 0.6 is 0 Å². The minimum absolute atomic E-state index is 0.0567. The Labute approximate surface area is 337 Å². The summed E-state index contributed by atoms with van der Waals surface area (Å²) in [7, 11) is 3.31. The van der Waals surface area contributed by atoms with Crippen molar-refractivity contribution < 1.29 is 53.1 Å².